The van der Waals surface area contributed by atoms with Crippen LogP contribution in [0.5, 0.6) is 0 Å². The van der Waals surface area contributed by atoms with E-state index < -0.39 is 23.7 Å². The number of rotatable bonds is 8. The Hall–Kier alpha value is -3.67. The molecule has 2 amide bonds. The number of carbonyl (C=O) groups excluding carboxylic acids is 3. The summed E-state index contributed by atoms with van der Waals surface area (Å²) in [5, 5.41) is 6.18. The van der Waals surface area contributed by atoms with E-state index >= 15 is 0 Å². The summed E-state index contributed by atoms with van der Waals surface area (Å²) in [6.07, 6.45) is 0.608. The number of fused-ring (bicyclic) bond motifs is 1. The van der Waals surface area contributed by atoms with E-state index in [4.69, 9.17) is 11.6 Å². The zero-order valence-electron chi connectivity index (χ0n) is 19.6. The Balaban J connectivity index is 1.92. The van der Waals surface area contributed by atoms with Crippen molar-refractivity contribution in [1.82, 2.24) is 24.1 Å². The van der Waals surface area contributed by atoms with E-state index in [2.05, 4.69) is 20.0 Å². The molecule has 0 aliphatic rings. The number of hydrogen-bond donors (Lipinski definition) is 2. The number of imidazole rings is 1. The van der Waals surface area contributed by atoms with Crippen LogP contribution in [0.1, 0.15) is 38.4 Å². The Labute approximate surface area is 215 Å². The van der Waals surface area contributed by atoms with Crippen LogP contribution in [0.15, 0.2) is 42.5 Å². The molecule has 2 aromatic carbocycles. The lowest BCUT2D eigenvalue weighted by atomic mass is 10.0. The van der Waals surface area contributed by atoms with Crippen LogP contribution in [0.3, 0.4) is 0 Å². The Morgan fingerprint density at radius 3 is 2.67 bits per heavy atom. The highest BCUT2D eigenvalue weighted by Crippen LogP contribution is 2.37. The first-order valence-electron chi connectivity index (χ1n) is 10.8. The predicted octanol–water partition coefficient (Wildman–Crippen LogP) is 3.75. The van der Waals surface area contributed by atoms with Crippen LogP contribution in [0.4, 0.5) is 10.2 Å². The molecular weight excluding hydrogens is 507 g/mol. The van der Waals surface area contributed by atoms with Gasteiger partial charge in [0.1, 0.15) is 17.8 Å². The van der Waals surface area contributed by atoms with Gasteiger partial charge in [0.2, 0.25) is 5.82 Å². The third-order valence-electron chi connectivity index (χ3n) is 5.55. The molecule has 4 rings (SSSR count). The molecule has 0 aliphatic heterocycles. The van der Waals surface area contributed by atoms with Gasteiger partial charge in [0.15, 0.2) is 5.82 Å². The summed E-state index contributed by atoms with van der Waals surface area (Å²) < 4.78 is 20.8. The quantitative estimate of drug-likeness (QED) is 0.337. The molecule has 4 aromatic rings. The van der Waals surface area contributed by atoms with Crippen molar-refractivity contribution in [3.63, 3.8) is 0 Å². The van der Waals surface area contributed by atoms with Crippen LogP contribution < -0.4 is 10.6 Å². The number of aldehydes is 1. The molecule has 186 valence electrons. The second-order valence-electron chi connectivity index (χ2n) is 8.04. The highest BCUT2D eigenvalue weighted by atomic mass is 35.5. The third kappa shape index (κ3) is 4.72. The van der Waals surface area contributed by atoms with Gasteiger partial charge in [0.05, 0.1) is 23.0 Å². The molecule has 0 saturated heterocycles. The van der Waals surface area contributed by atoms with Gasteiger partial charge in [0.25, 0.3) is 11.8 Å². The smallest absolute Gasteiger partial charge is 0.287 e. The van der Waals surface area contributed by atoms with E-state index in [1.165, 1.54) is 41.3 Å². The molecule has 1 atom stereocenters. The zero-order chi connectivity index (χ0) is 26.0. The zero-order valence-corrected chi connectivity index (χ0v) is 21.2. The molecule has 9 nitrogen and oxygen atoms in total. The molecule has 0 radical (unpaired) electrons. The molecule has 0 aliphatic carbocycles. The van der Waals surface area contributed by atoms with Crippen molar-refractivity contribution in [2.24, 2.45) is 0 Å². The van der Waals surface area contributed by atoms with Crippen LogP contribution in [-0.4, -0.2) is 58.1 Å². The average molecular weight is 529 g/mol. The topological polar surface area (TPSA) is 109 Å². The van der Waals surface area contributed by atoms with Gasteiger partial charge in [-0.3, -0.25) is 14.5 Å². The number of aromatic nitrogens is 3. The average Bonchev–Trinajstić information content (AvgIpc) is 3.43. The molecule has 0 fully saturated rings. The Kier molecular flexibility index (Phi) is 7.43. The molecule has 0 spiro atoms. The highest BCUT2D eigenvalue weighted by molar-refractivity contribution is 7.13. The molecule has 36 heavy (non-hydrogen) atoms. The van der Waals surface area contributed by atoms with Gasteiger partial charge in [-0.1, -0.05) is 29.8 Å². The fourth-order valence-electron chi connectivity index (χ4n) is 3.99. The number of nitrogens with zero attached hydrogens (tertiary/aromatic N) is 4. The standard InChI is InChI=1S/C24H22ClFN6O3S/c1-27-24(35)22-28-21(29-23(34)18-14-6-4-5-7-17(14)36-30-18)20(32(22)10-11-33)19(31(2)3)15-12-13(26)8-9-16(15)25/h4-9,11-12,19H,10H2,1-3H3,(H,27,35)(H,29,34). The number of benzene rings is 2. The molecule has 0 bridgehead atoms. The molecular formula is C24H22ClFN6O3S. The largest absolute Gasteiger partial charge is 0.352 e. The molecule has 1 unspecified atom stereocenters. The van der Waals surface area contributed by atoms with Crippen LogP contribution in [0.25, 0.3) is 10.1 Å². The molecule has 12 heteroatoms. The van der Waals surface area contributed by atoms with E-state index in [0.717, 1.165) is 4.70 Å². The Morgan fingerprint density at radius 1 is 1.22 bits per heavy atom. The summed E-state index contributed by atoms with van der Waals surface area (Å²) in [6.45, 7) is -0.238. The first kappa shape index (κ1) is 25.4. The summed E-state index contributed by atoms with van der Waals surface area (Å²) in [6, 6.07) is 10.4. The third-order valence-corrected chi connectivity index (χ3v) is 6.72. The lowest BCUT2D eigenvalue weighted by Crippen LogP contribution is -2.28. The minimum atomic E-state index is -0.776. The van der Waals surface area contributed by atoms with Gasteiger partial charge in [-0.25, -0.2) is 9.37 Å². The van der Waals surface area contributed by atoms with Gasteiger partial charge < -0.3 is 20.0 Å². The van der Waals surface area contributed by atoms with Crippen molar-refractivity contribution < 1.29 is 18.8 Å². The lowest BCUT2D eigenvalue weighted by Gasteiger charge is -2.27. The van der Waals surface area contributed by atoms with Gasteiger partial charge in [-0.15, -0.1) is 0 Å². The minimum absolute atomic E-state index is 0.0246. The summed E-state index contributed by atoms with van der Waals surface area (Å²) in [5.74, 6) is -1.71. The maximum Gasteiger partial charge on any atom is 0.287 e. The van der Waals surface area contributed by atoms with E-state index in [1.807, 2.05) is 12.1 Å². The second kappa shape index (κ2) is 10.5. The fourth-order valence-corrected chi connectivity index (χ4v) is 4.98. The number of halogens is 2. The lowest BCUT2D eigenvalue weighted by molar-refractivity contribution is -0.108. The van der Waals surface area contributed by atoms with Crippen molar-refractivity contribution in [3.05, 3.63) is 76.1 Å². The van der Waals surface area contributed by atoms with Crippen molar-refractivity contribution in [2.75, 3.05) is 26.5 Å². The van der Waals surface area contributed by atoms with Crippen LogP contribution in [0.2, 0.25) is 5.02 Å². The SMILES string of the molecule is CNC(=O)c1nc(NC(=O)c2nsc3ccccc23)c(C(c2cc(F)ccc2Cl)N(C)C)n1CC=O. The van der Waals surface area contributed by atoms with Crippen LogP contribution in [0, 0.1) is 5.82 Å². The van der Waals surface area contributed by atoms with Gasteiger partial charge in [-0.2, -0.15) is 4.37 Å². The Morgan fingerprint density at radius 2 is 1.97 bits per heavy atom. The van der Waals surface area contributed by atoms with Gasteiger partial charge >= 0.3 is 0 Å². The van der Waals surface area contributed by atoms with E-state index in [-0.39, 0.29) is 34.6 Å². The number of hydrogen-bond acceptors (Lipinski definition) is 7. The number of amides is 2. The molecule has 2 heterocycles. The normalized spacial score (nSPS) is 12.1. The second-order valence-corrected chi connectivity index (χ2v) is 9.25. The van der Waals surface area contributed by atoms with Crippen LogP contribution >= 0.6 is 23.1 Å². The van der Waals surface area contributed by atoms with E-state index in [0.29, 0.717) is 17.2 Å². The first-order valence-corrected chi connectivity index (χ1v) is 11.9. The summed E-state index contributed by atoms with van der Waals surface area (Å²) >= 11 is 7.63. The summed E-state index contributed by atoms with van der Waals surface area (Å²) in [4.78, 5) is 43.7. The maximum atomic E-state index is 14.3. The number of nitrogens with one attached hydrogen (secondary N) is 2. The molecule has 2 aromatic heterocycles. The van der Waals surface area contributed by atoms with Gasteiger partial charge in [0, 0.05) is 17.5 Å². The molecule has 0 saturated carbocycles. The highest BCUT2D eigenvalue weighted by Gasteiger charge is 2.32. The van der Waals surface area contributed by atoms with Crippen molar-refractivity contribution in [3.8, 4) is 0 Å². The van der Waals surface area contributed by atoms with E-state index in [9.17, 15) is 18.8 Å². The minimum Gasteiger partial charge on any atom is -0.352 e. The monoisotopic (exact) mass is 528 g/mol. The van der Waals surface area contributed by atoms with Crippen molar-refractivity contribution in [1.29, 1.82) is 0 Å². The number of anilines is 1. The van der Waals surface area contributed by atoms with Crippen molar-refractivity contribution in [2.45, 2.75) is 12.6 Å². The fraction of sp³-hybridized carbons (Fsp3) is 0.208. The summed E-state index contributed by atoms with van der Waals surface area (Å²) in [7, 11) is 4.88. The molecule has 2 N–H and O–H groups in total. The van der Waals surface area contributed by atoms with Crippen molar-refractivity contribution >= 4 is 57.1 Å². The predicted molar refractivity (Wildman–Crippen MR) is 136 cm³/mol. The van der Waals surface area contributed by atoms with E-state index in [1.54, 1.807) is 31.1 Å². The Bertz CT molecular complexity index is 1470. The van der Waals surface area contributed by atoms with Crippen LogP contribution in [-0.2, 0) is 11.3 Å². The first-order chi connectivity index (χ1) is 17.3. The van der Waals surface area contributed by atoms with Gasteiger partial charge in [-0.05, 0) is 55.5 Å². The maximum absolute atomic E-state index is 14.3. The summed E-state index contributed by atoms with van der Waals surface area (Å²) in [5.41, 5.74) is 0.844. The number of carbonyl (C=O) groups is 3.